The summed E-state index contributed by atoms with van der Waals surface area (Å²) in [5.41, 5.74) is 3.75. The maximum Gasteiger partial charge on any atom is 0.233 e. The number of hydrogen-bond donors (Lipinski definition) is 0. The fraction of sp³-hybridized carbons (Fsp3) is 0.321. The van der Waals surface area contributed by atoms with Gasteiger partial charge < -0.3 is 13.9 Å². The number of likely N-dealkylation sites (tertiary alicyclic amines) is 1. The topological polar surface area (TPSA) is 65.9 Å². The summed E-state index contributed by atoms with van der Waals surface area (Å²) in [7, 11) is 2.02. The molecule has 8 nitrogen and oxygen atoms in total. The van der Waals surface area contributed by atoms with Gasteiger partial charge >= 0.3 is 0 Å². The first-order valence-corrected chi connectivity index (χ1v) is 13.1. The third-order valence-corrected chi connectivity index (χ3v) is 7.48. The lowest BCUT2D eigenvalue weighted by atomic mass is 10.1. The molecule has 2 aromatic carbocycles. The van der Waals surface area contributed by atoms with Crippen LogP contribution in [-0.4, -0.2) is 46.9 Å². The van der Waals surface area contributed by atoms with Crippen LogP contribution in [0.15, 0.2) is 67.3 Å². The van der Waals surface area contributed by atoms with Crippen molar-refractivity contribution >= 4 is 22.6 Å². The molecule has 3 aromatic heterocycles. The van der Waals surface area contributed by atoms with Crippen LogP contribution in [0.2, 0.25) is 5.02 Å². The molecule has 5 aromatic rings. The molecule has 0 aliphatic carbocycles. The zero-order valence-corrected chi connectivity index (χ0v) is 21.9. The van der Waals surface area contributed by atoms with E-state index >= 15 is 0 Å². The molecule has 0 N–H and O–H groups in total. The molecule has 4 heterocycles. The van der Waals surface area contributed by atoms with Crippen molar-refractivity contribution in [2.45, 2.75) is 38.6 Å². The van der Waals surface area contributed by atoms with E-state index < -0.39 is 0 Å². The molecule has 10 heteroatoms. The highest BCUT2D eigenvalue weighted by atomic mass is 35.5. The van der Waals surface area contributed by atoms with Crippen LogP contribution in [0.4, 0.5) is 4.39 Å². The number of rotatable bonds is 8. The van der Waals surface area contributed by atoms with E-state index in [2.05, 4.69) is 42.3 Å². The lowest BCUT2D eigenvalue weighted by Gasteiger charge is -2.31. The number of benzene rings is 2. The number of para-hydroxylation sites is 2. The zero-order valence-electron chi connectivity index (χ0n) is 21.2. The molecule has 0 saturated carbocycles. The normalized spacial score (nSPS) is 14.9. The van der Waals surface area contributed by atoms with E-state index in [1.54, 1.807) is 12.1 Å². The summed E-state index contributed by atoms with van der Waals surface area (Å²) in [6.45, 7) is 3.54. The fourth-order valence-corrected chi connectivity index (χ4v) is 5.21. The highest BCUT2D eigenvalue weighted by molar-refractivity contribution is 6.30. The number of nitrogens with zero attached hydrogens (tertiary/aromatic N) is 7. The minimum absolute atomic E-state index is 0.109. The molecule has 1 fully saturated rings. The van der Waals surface area contributed by atoms with Gasteiger partial charge in [0, 0.05) is 49.2 Å². The van der Waals surface area contributed by atoms with Gasteiger partial charge in [-0.25, -0.2) is 14.4 Å². The van der Waals surface area contributed by atoms with E-state index in [0.29, 0.717) is 22.5 Å². The van der Waals surface area contributed by atoms with Crippen LogP contribution in [0.5, 0.6) is 5.88 Å². The number of imidazole rings is 2. The molecule has 0 spiro atoms. The van der Waals surface area contributed by atoms with E-state index in [4.69, 9.17) is 21.3 Å². The Kier molecular flexibility index (Phi) is 6.86. The monoisotopic (exact) mass is 533 g/mol. The Morgan fingerprint density at radius 1 is 1.08 bits per heavy atom. The molecule has 1 aliphatic heterocycles. The first-order chi connectivity index (χ1) is 18.5. The predicted molar refractivity (Wildman–Crippen MR) is 144 cm³/mol. The van der Waals surface area contributed by atoms with Crippen molar-refractivity contribution in [3.63, 3.8) is 0 Å². The van der Waals surface area contributed by atoms with Crippen LogP contribution < -0.4 is 4.74 Å². The van der Waals surface area contributed by atoms with Gasteiger partial charge in [0.15, 0.2) is 0 Å². The van der Waals surface area contributed by atoms with Gasteiger partial charge in [0.05, 0.1) is 42.2 Å². The molecule has 1 aliphatic rings. The van der Waals surface area contributed by atoms with Gasteiger partial charge in [0.25, 0.3) is 0 Å². The first kappa shape index (κ1) is 24.6. The van der Waals surface area contributed by atoms with Crippen LogP contribution in [0.3, 0.4) is 0 Å². The van der Waals surface area contributed by atoms with Crippen molar-refractivity contribution in [2.24, 2.45) is 7.05 Å². The Labute approximate surface area is 225 Å². The number of piperidine rings is 1. The molecule has 0 bridgehead atoms. The summed E-state index contributed by atoms with van der Waals surface area (Å²) >= 11 is 5.83. The Morgan fingerprint density at radius 2 is 1.92 bits per heavy atom. The van der Waals surface area contributed by atoms with E-state index in [1.807, 2.05) is 42.6 Å². The summed E-state index contributed by atoms with van der Waals surface area (Å²) in [5.74, 6) is 1.18. The predicted octanol–water partition coefficient (Wildman–Crippen LogP) is 5.22. The second-order valence-electron chi connectivity index (χ2n) is 9.76. The average molecular weight is 534 g/mol. The maximum absolute atomic E-state index is 14.0. The molecule has 1 saturated heterocycles. The molecule has 0 atom stereocenters. The van der Waals surface area contributed by atoms with Crippen LogP contribution >= 0.6 is 11.6 Å². The van der Waals surface area contributed by atoms with Gasteiger partial charge in [-0.3, -0.25) is 9.58 Å². The molecule has 0 unspecified atom stereocenters. The lowest BCUT2D eigenvalue weighted by Crippen LogP contribution is -2.35. The van der Waals surface area contributed by atoms with Crippen LogP contribution in [0, 0.1) is 5.82 Å². The molecule has 38 heavy (non-hydrogen) atoms. The third-order valence-electron chi connectivity index (χ3n) is 7.24. The Bertz CT molecular complexity index is 1550. The number of aryl methyl sites for hydroxylation is 1. The summed E-state index contributed by atoms with van der Waals surface area (Å²) in [6, 6.07) is 15.0. The quantitative estimate of drug-likeness (QED) is 0.273. The van der Waals surface area contributed by atoms with Gasteiger partial charge in [0.2, 0.25) is 5.88 Å². The second kappa shape index (κ2) is 10.6. The van der Waals surface area contributed by atoms with Gasteiger partial charge in [0.1, 0.15) is 18.2 Å². The van der Waals surface area contributed by atoms with Crippen molar-refractivity contribution < 1.29 is 9.13 Å². The maximum atomic E-state index is 14.0. The van der Waals surface area contributed by atoms with Gasteiger partial charge in [-0.2, -0.15) is 0 Å². The van der Waals surface area contributed by atoms with E-state index in [0.717, 1.165) is 61.6 Å². The Hall–Kier alpha value is -3.69. The van der Waals surface area contributed by atoms with Gasteiger partial charge in [-0.15, -0.1) is 5.10 Å². The largest absolute Gasteiger partial charge is 0.472 e. The van der Waals surface area contributed by atoms with E-state index in [9.17, 15) is 4.39 Å². The minimum Gasteiger partial charge on any atom is -0.472 e. The Balaban J connectivity index is 1.08. The van der Waals surface area contributed by atoms with E-state index in [1.165, 1.54) is 6.07 Å². The molecule has 196 valence electrons. The number of aromatic nitrogens is 6. The van der Waals surface area contributed by atoms with Crippen molar-refractivity contribution in [1.82, 2.24) is 33.8 Å². The van der Waals surface area contributed by atoms with Crippen molar-refractivity contribution in [3.05, 3.63) is 95.2 Å². The summed E-state index contributed by atoms with van der Waals surface area (Å²) < 4.78 is 26.1. The summed E-state index contributed by atoms with van der Waals surface area (Å²) in [5, 5.41) is 4.97. The fourth-order valence-electron chi connectivity index (χ4n) is 5.05. The number of fused-ring (bicyclic) bond motifs is 1. The highest BCUT2D eigenvalue weighted by Gasteiger charge is 2.23. The summed E-state index contributed by atoms with van der Waals surface area (Å²) in [4.78, 5) is 11.7. The minimum atomic E-state index is -0.377. The smallest absolute Gasteiger partial charge is 0.233 e. The SMILES string of the molecule is Cn1cncc1Cn1c(CN2CCC(n3ccc(OCc4ccc(Cl)cc4F)n3)CC2)nc2ccccc21. The lowest BCUT2D eigenvalue weighted by molar-refractivity contribution is 0.167. The second-order valence-corrected chi connectivity index (χ2v) is 10.2. The van der Waals surface area contributed by atoms with Crippen LogP contribution in [0.25, 0.3) is 11.0 Å². The zero-order chi connectivity index (χ0) is 26.1. The molecule has 6 rings (SSSR count). The molecule has 0 radical (unpaired) electrons. The standard InChI is InChI=1S/C28H29ClFN7O/c1-34-19-31-15-23(34)16-36-26-5-3-2-4-25(26)32-27(36)17-35-11-8-22(9-12-35)37-13-10-28(33-37)38-18-20-6-7-21(29)14-24(20)30/h2-7,10,13-15,19,22H,8-9,11-12,16-18H2,1H3. The van der Waals surface area contributed by atoms with Crippen molar-refractivity contribution in [3.8, 4) is 5.88 Å². The number of hydrogen-bond acceptors (Lipinski definition) is 5. The van der Waals surface area contributed by atoms with Crippen LogP contribution in [-0.2, 0) is 26.7 Å². The van der Waals surface area contributed by atoms with Crippen molar-refractivity contribution in [1.29, 1.82) is 0 Å². The molecule has 0 amide bonds. The van der Waals surface area contributed by atoms with Gasteiger partial charge in [-0.05, 0) is 37.1 Å². The van der Waals surface area contributed by atoms with Crippen LogP contribution in [0.1, 0.15) is 36.0 Å². The third kappa shape index (κ3) is 5.16. The van der Waals surface area contributed by atoms with Gasteiger partial charge in [-0.1, -0.05) is 29.8 Å². The molecular weight excluding hydrogens is 505 g/mol. The first-order valence-electron chi connectivity index (χ1n) is 12.8. The number of ether oxygens (including phenoxy) is 1. The average Bonchev–Trinajstić information content (AvgIpc) is 3.64. The number of halogens is 2. The van der Waals surface area contributed by atoms with Crippen molar-refractivity contribution in [2.75, 3.05) is 13.1 Å². The summed E-state index contributed by atoms with van der Waals surface area (Å²) in [6.07, 6.45) is 7.66. The van der Waals surface area contributed by atoms with E-state index in [-0.39, 0.29) is 12.4 Å². The highest BCUT2D eigenvalue weighted by Crippen LogP contribution is 2.26. The Morgan fingerprint density at radius 3 is 2.71 bits per heavy atom. The molecular formula is C28H29ClFN7O.